The molecule has 2 aromatic heterocycles. The van der Waals surface area contributed by atoms with Crippen LogP contribution in [0.2, 0.25) is 0 Å². The number of anilines is 1. The lowest BCUT2D eigenvalue weighted by atomic mass is 10.2. The zero-order chi connectivity index (χ0) is 13.1. The molecule has 0 bridgehead atoms. The minimum absolute atomic E-state index is 0.334. The molecule has 0 aliphatic rings. The summed E-state index contributed by atoms with van der Waals surface area (Å²) in [6, 6.07) is 4.61. The van der Waals surface area contributed by atoms with Crippen molar-refractivity contribution >= 4 is 17.3 Å². The van der Waals surface area contributed by atoms with Crippen LogP contribution in [-0.2, 0) is 0 Å². The van der Waals surface area contributed by atoms with Crippen molar-refractivity contribution in [2.75, 3.05) is 11.9 Å². The summed E-state index contributed by atoms with van der Waals surface area (Å²) in [5.74, 6) is 1.59. The summed E-state index contributed by atoms with van der Waals surface area (Å²) < 4.78 is 2.23. The van der Waals surface area contributed by atoms with Crippen LogP contribution in [0.25, 0.3) is 0 Å². The molecule has 3 nitrogen and oxygen atoms in total. The van der Waals surface area contributed by atoms with Crippen LogP contribution in [0.4, 0.5) is 5.95 Å². The SMILES string of the molecule is Cc1cn(C(C)c2cccs2)c(NCC(C)C)n1. The number of hydrogen-bond donors (Lipinski definition) is 1. The number of nitrogens with zero attached hydrogens (tertiary/aromatic N) is 2. The number of hydrogen-bond acceptors (Lipinski definition) is 3. The van der Waals surface area contributed by atoms with Gasteiger partial charge in [0.15, 0.2) is 0 Å². The van der Waals surface area contributed by atoms with Gasteiger partial charge >= 0.3 is 0 Å². The fourth-order valence-corrected chi connectivity index (χ4v) is 2.69. The molecule has 18 heavy (non-hydrogen) atoms. The highest BCUT2D eigenvalue weighted by Crippen LogP contribution is 2.26. The van der Waals surface area contributed by atoms with Crippen LogP contribution in [0.15, 0.2) is 23.7 Å². The molecule has 98 valence electrons. The Morgan fingerprint density at radius 2 is 2.17 bits per heavy atom. The lowest BCUT2D eigenvalue weighted by Gasteiger charge is -2.16. The molecule has 0 amide bonds. The van der Waals surface area contributed by atoms with Crippen LogP contribution >= 0.6 is 11.3 Å². The van der Waals surface area contributed by atoms with Crippen LogP contribution in [0.5, 0.6) is 0 Å². The Morgan fingerprint density at radius 1 is 1.39 bits per heavy atom. The molecule has 0 saturated heterocycles. The van der Waals surface area contributed by atoms with Gasteiger partial charge in [-0.25, -0.2) is 4.98 Å². The summed E-state index contributed by atoms with van der Waals surface area (Å²) in [5.41, 5.74) is 1.06. The van der Waals surface area contributed by atoms with Gasteiger partial charge in [0.1, 0.15) is 0 Å². The van der Waals surface area contributed by atoms with Crippen molar-refractivity contribution in [1.29, 1.82) is 0 Å². The Hall–Kier alpha value is -1.29. The van der Waals surface area contributed by atoms with E-state index in [-0.39, 0.29) is 0 Å². The summed E-state index contributed by atoms with van der Waals surface area (Å²) >= 11 is 1.79. The maximum Gasteiger partial charge on any atom is 0.203 e. The number of nitrogens with one attached hydrogen (secondary N) is 1. The van der Waals surface area contributed by atoms with E-state index in [1.807, 2.05) is 6.92 Å². The molecule has 4 heteroatoms. The number of aromatic nitrogens is 2. The van der Waals surface area contributed by atoms with Gasteiger partial charge in [-0.2, -0.15) is 0 Å². The van der Waals surface area contributed by atoms with E-state index < -0.39 is 0 Å². The standard InChI is InChI=1S/C14H21N3S/c1-10(2)8-15-14-16-11(3)9-17(14)12(4)13-6-5-7-18-13/h5-7,9-10,12H,8H2,1-4H3,(H,15,16). The van der Waals surface area contributed by atoms with E-state index in [1.165, 1.54) is 4.88 Å². The molecule has 2 rings (SSSR count). The zero-order valence-corrected chi connectivity index (χ0v) is 12.3. The molecular formula is C14H21N3S. The molecule has 0 spiro atoms. The molecule has 0 aliphatic carbocycles. The summed E-state index contributed by atoms with van der Waals surface area (Å²) in [4.78, 5) is 5.93. The molecule has 1 atom stereocenters. The van der Waals surface area contributed by atoms with Gasteiger partial charge in [-0.15, -0.1) is 11.3 Å². The summed E-state index contributed by atoms with van der Waals surface area (Å²) in [5, 5.41) is 5.55. The van der Waals surface area contributed by atoms with E-state index in [0.29, 0.717) is 12.0 Å². The number of imidazole rings is 1. The van der Waals surface area contributed by atoms with Gasteiger partial charge in [-0.05, 0) is 31.2 Å². The summed E-state index contributed by atoms with van der Waals surface area (Å²) in [6.45, 7) is 9.62. The summed E-state index contributed by atoms with van der Waals surface area (Å²) in [6.07, 6.45) is 2.12. The maximum absolute atomic E-state index is 4.57. The van der Waals surface area contributed by atoms with Gasteiger partial charge in [0.25, 0.3) is 0 Å². The van der Waals surface area contributed by atoms with Crippen LogP contribution in [0, 0.1) is 12.8 Å². The van der Waals surface area contributed by atoms with Crippen molar-refractivity contribution in [2.45, 2.75) is 33.7 Å². The highest BCUT2D eigenvalue weighted by molar-refractivity contribution is 7.10. The average Bonchev–Trinajstić information content (AvgIpc) is 2.94. The Labute approximate surface area is 113 Å². The molecule has 0 aliphatic heterocycles. The largest absolute Gasteiger partial charge is 0.355 e. The Kier molecular flexibility index (Phi) is 4.07. The molecule has 0 aromatic carbocycles. The second kappa shape index (κ2) is 5.57. The van der Waals surface area contributed by atoms with Crippen LogP contribution in [0.3, 0.4) is 0 Å². The predicted molar refractivity (Wildman–Crippen MR) is 78.4 cm³/mol. The predicted octanol–water partition coefficient (Wildman–Crippen LogP) is 3.93. The Bertz CT molecular complexity index is 485. The first-order valence-electron chi connectivity index (χ1n) is 6.40. The number of rotatable bonds is 5. The Balaban J connectivity index is 2.21. The Morgan fingerprint density at radius 3 is 2.78 bits per heavy atom. The molecule has 0 radical (unpaired) electrons. The van der Waals surface area contributed by atoms with Crippen molar-refractivity contribution < 1.29 is 0 Å². The maximum atomic E-state index is 4.57. The first-order valence-corrected chi connectivity index (χ1v) is 7.28. The first kappa shape index (κ1) is 13.1. The second-order valence-corrected chi connectivity index (χ2v) is 6.06. The molecule has 2 heterocycles. The highest BCUT2D eigenvalue weighted by atomic mass is 32.1. The lowest BCUT2D eigenvalue weighted by Crippen LogP contribution is -2.14. The number of thiophene rings is 1. The number of aryl methyl sites for hydroxylation is 1. The third-order valence-corrected chi connectivity index (χ3v) is 3.94. The van der Waals surface area contributed by atoms with E-state index >= 15 is 0 Å². The van der Waals surface area contributed by atoms with Gasteiger partial charge in [0.2, 0.25) is 5.95 Å². The van der Waals surface area contributed by atoms with Gasteiger partial charge in [-0.1, -0.05) is 19.9 Å². The fraction of sp³-hybridized carbons (Fsp3) is 0.500. The first-order chi connectivity index (χ1) is 8.58. The molecule has 0 saturated carbocycles. The lowest BCUT2D eigenvalue weighted by molar-refractivity contribution is 0.636. The van der Waals surface area contributed by atoms with E-state index in [1.54, 1.807) is 11.3 Å². The van der Waals surface area contributed by atoms with E-state index in [2.05, 4.69) is 59.3 Å². The molecule has 2 aromatic rings. The van der Waals surface area contributed by atoms with Crippen molar-refractivity contribution in [1.82, 2.24) is 9.55 Å². The fourth-order valence-electron chi connectivity index (χ4n) is 1.90. The van der Waals surface area contributed by atoms with Crippen molar-refractivity contribution in [3.63, 3.8) is 0 Å². The van der Waals surface area contributed by atoms with Crippen molar-refractivity contribution in [2.24, 2.45) is 5.92 Å². The van der Waals surface area contributed by atoms with Gasteiger partial charge in [0, 0.05) is 17.6 Å². The van der Waals surface area contributed by atoms with Crippen molar-refractivity contribution in [3.8, 4) is 0 Å². The quantitative estimate of drug-likeness (QED) is 0.885. The monoisotopic (exact) mass is 263 g/mol. The van der Waals surface area contributed by atoms with E-state index in [0.717, 1.165) is 18.2 Å². The molecule has 0 fully saturated rings. The second-order valence-electron chi connectivity index (χ2n) is 5.08. The van der Waals surface area contributed by atoms with Crippen LogP contribution < -0.4 is 5.32 Å². The van der Waals surface area contributed by atoms with Gasteiger partial charge in [0.05, 0.1) is 11.7 Å². The topological polar surface area (TPSA) is 29.9 Å². The van der Waals surface area contributed by atoms with Crippen LogP contribution in [0.1, 0.15) is 37.4 Å². The van der Waals surface area contributed by atoms with Gasteiger partial charge in [-0.3, -0.25) is 0 Å². The summed E-state index contributed by atoms with van der Waals surface area (Å²) in [7, 11) is 0. The van der Waals surface area contributed by atoms with E-state index in [4.69, 9.17) is 0 Å². The molecule has 1 N–H and O–H groups in total. The van der Waals surface area contributed by atoms with Crippen LogP contribution in [-0.4, -0.2) is 16.1 Å². The van der Waals surface area contributed by atoms with Gasteiger partial charge < -0.3 is 9.88 Å². The highest BCUT2D eigenvalue weighted by Gasteiger charge is 2.14. The zero-order valence-electron chi connectivity index (χ0n) is 11.5. The smallest absolute Gasteiger partial charge is 0.203 e. The normalized spacial score (nSPS) is 12.9. The minimum atomic E-state index is 0.334. The van der Waals surface area contributed by atoms with E-state index in [9.17, 15) is 0 Å². The third kappa shape index (κ3) is 2.93. The average molecular weight is 263 g/mol. The van der Waals surface area contributed by atoms with Crippen molar-refractivity contribution in [3.05, 3.63) is 34.3 Å². The minimum Gasteiger partial charge on any atom is -0.355 e. The molecule has 1 unspecified atom stereocenters. The molecular weight excluding hydrogens is 242 g/mol. The third-order valence-electron chi connectivity index (χ3n) is 2.89.